The van der Waals surface area contributed by atoms with E-state index in [2.05, 4.69) is 4.72 Å². The molecule has 1 N–H and O–H groups in total. The van der Waals surface area contributed by atoms with Crippen molar-refractivity contribution >= 4 is 21.6 Å². The molecule has 0 aliphatic heterocycles. The first-order valence-corrected chi connectivity index (χ1v) is 6.92. The maximum absolute atomic E-state index is 11.1. The maximum atomic E-state index is 11.1. The molecule has 16 heavy (non-hydrogen) atoms. The lowest BCUT2D eigenvalue weighted by atomic mass is 10.3. The van der Waals surface area contributed by atoms with Crippen molar-refractivity contribution in [2.24, 2.45) is 0 Å². The second kappa shape index (κ2) is 6.08. The van der Waals surface area contributed by atoms with Gasteiger partial charge in [0, 0.05) is 11.6 Å². The largest absolute Gasteiger partial charge is 0.492 e. The van der Waals surface area contributed by atoms with Gasteiger partial charge in [-0.25, -0.2) is 13.1 Å². The first-order chi connectivity index (χ1) is 7.53. The molecular formula is C10H14ClNO3S. The van der Waals surface area contributed by atoms with Gasteiger partial charge in [-0.2, -0.15) is 0 Å². The van der Waals surface area contributed by atoms with Gasteiger partial charge in [0.05, 0.1) is 5.75 Å². The monoisotopic (exact) mass is 263 g/mol. The van der Waals surface area contributed by atoms with Gasteiger partial charge in [0.2, 0.25) is 10.0 Å². The van der Waals surface area contributed by atoms with E-state index in [1.54, 1.807) is 31.2 Å². The number of ether oxygens (including phenoxy) is 1. The lowest BCUT2D eigenvalue weighted by molar-refractivity contribution is 0.323. The number of sulfonamides is 1. The van der Waals surface area contributed by atoms with Crippen molar-refractivity contribution in [2.45, 2.75) is 6.92 Å². The van der Waals surface area contributed by atoms with Crippen molar-refractivity contribution < 1.29 is 13.2 Å². The van der Waals surface area contributed by atoms with E-state index in [1.165, 1.54) is 0 Å². The van der Waals surface area contributed by atoms with Crippen molar-refractivity contribution in [2.75, 3.05) is 18.9 Å². The van der Waals surface area contributed by atoms with Crippen LogP contribution in [0.5, 0.6) is 5.75 Å². The highest BCUT2D eigenvalue weighted by molar-refractivity contribution is 7.89. The van der Waals surface area contributed by atoms with Crippen LogP contribution in [0, 0.1) is 0 Å². The summed E-state index contributed by atoms with van der Waals surface area (Å²) in [7, 11) is -3.14. The standard InChI is InChI=1S/C10H14ClNO3S/c1-2-16(13,14)12-6-7-15-10-5-3-4-9(11)8-10/h3-5,8,12H,2,6-7H2,1H3. The van der Waals surface area contributed by atoms with Crippen LogP contribution >= 0.6 is 11.6 Å². The zero-order valence-electron chi connectivity index (χ0n) is 8.94. The van der Waals surface area contributed by atoms with Gasteiger partial charge in [0.1, 0.15) is 12.4 Å². The maximum Gasteiger partial charge on any atom is 0.211 e. The number of hydrogen-bond donors (Lipinski definition) is 1. The molecular weight excluding hydrogens is 250 g/mol. The zero-order chi connectivity index (χ0) is 12.0. The first kappa shape index (κ1) is 13.3. The molecule has 1 aromatic carbocycles. The van der Waals surface area contributed by atoms with Crippen LogP contribution in [0.25, 0.3) is 0 Å². The minimum atomic E-state index is -3.14. The first-order valence-electron chi connectivity index (χ1n) is 4.89. The van der Waals surface area contributed by atoms with Crippen LogP contribution in [-0.4, -0.2) is 27.3 Å². The number of benzene rings is 1. The number of hydrogen-bond acceptors (Lipinski definition) is 3. The summed E-state index contributed by atoms with van der Waals surface area (Å²) in [5.74, 6) is 0.702. The minimum Gasteiger partial charge on any atom is -0.492 e. The molecule has 0 radical (unpaired) electrons. The second-order valence-corrected chi connectivity index (χ2v) is 5.64. The Morgan fingerprint density at radius 1 is 1.44 bits per heavy atom. The van der Waals surface area contributed by atoms with E-state index in [4.69, 9.17) is 16.3 Å². The topological polar surface area (TPSA) is 55.4 Å². The average Bonchev–Trinajstić information content (AvgIpc) is 2.25. The Morgan fingerprint density at radius 2 is 2.19 bits per heavy atom. The summed E-state index contributed by atoms with van der Waals surface area (Å²) in [5.41, 5.74) is 0. The van der Waals surface area contributed by atoms with Crippen molar-refractivity contribution in [1.29, 1.82) is 0 Å². The van der Waals surface area contributed by atoms with Gasteiger partial charge in [-0.15, -0.1) is 0 Å². The highest BCUT2D eigenvalue weighted by Gasteiger charge is 2.04. The molecule has 1 rings (SSSR count). The van der Waals surface area contributed by atoms with Crippen LogP contribution in [0.4, 0.5) is 0 Å². The van der Waals surface area contributed by atoms with Gasteiger partial charge >= 0.3 is 0 Å². The van der Waals surface area contributed by atoms with Crippen LogP contribution in [0.1, 0.15) is 6.92 Å². The molecule has 0 saturated carbocycles. The third-order valence-corrected chi connectivity index (χ3v) is 3.51. The molecule has 0 heterocycles. The summed E-state index contributed by atoms with van der Waals surface area (Å²) in [6.07, 6.45) is 0. The van der Waals surface area contributed by atoms with Crippen LogP contribution in [-0.2, 0) is 10.0 Å². The average molecular weight is 264 g/mol. The number of nitrogens with one attached hydrogen (secondary N) is 1. The van der Waals surface area contributed by atoms with Gasteiger partial charge < -0.3 is 4.74 Å². The minimum absolute atomic E-state index is 0.0736. The summed E-state index contributed by atoms with van der Waals surface area (Å²) in [6, 6.07) is 6.96. The fourth-order valence-electron chi connectivity index (χ4n) is 1.02. The lowest BCUT2D eigenvalue weighted by Crippen LogP contribution is -2.29. The predicted octanol–water partition coefficient (Wildman–Crippen LogP) is 1.66. The van der Waals surface area contributed by atoms with Gasteiger partial charge in [-0.3, -0.25) is 0 Å². The fourth-order valence-corrected chi connectivity index (χ4v) is 1.80. The van der Waals surface area contributed by atoms with E-state index in [0.717, 1.165) is 0 Å². The molecule has 0 fully saturated rings. The smallest absolute Gasteiger partial charge is 0.211 e. The van der Waals surface area contributed by atoms with Gasteiger partial charge in [-0.1, -0.05) is 17.7 Å². The molecule has 0 amide bonds. The van der Waals surface area contributed by atoms with Crippen molar-refractivity contribution in [3.8, 4) is 5.75 Å². The summed E-state index contributed by atoms with van der Waals surface area (Å²) < 4.78 is 29.9. The molecule has 0 spiro atoms. The molecule has 6 heteroatoms. The van der Waals surface area contributed by atoms with E-state index >= 15 is 0 Å². The summed E-state index contributed by atoms with van der Waals surface area (Å²) in [5, 5.41) is 0.589. The molecule has 0 unspecified atom stereocenters. The van der Waals surface area contributed by atoms with Crippen LogP contribution < -0.4 is 9.46 Å². The third kappa shape index (κ3) is 4.83. The third-order valence-electron chi connectivity index (χ3n) is 1.87. The van der Waals surface area contributed by atoms with Crippen molar-refractivity contribution in [1.82, 2.24) is 4.72 Å². The highest BCUT2D eigenvalue weighted by Crippen LogP contribution is 2.16. The predicted molar refractivity (Wildman–Crippen MR) is 64.4 cm³/mol. The van der Waals surface area contributed by atoms with Crippen molar-refractivity contribution in [3.63, 3.8) is 0 Å². The Hall–Kier alpha value is -0.780. The molecule has 1 aromatic rings. The molecule has 0 aromatic heterocycles. The number of halogens is 1. The van der Waals surface area contributed by atoms with Crippen LogP contribution in [0.15, 0.2) is 24.3 Å². The Labute approximate surface area is 101 Å². The van der Waals surface area contributed by atoms with Gasteiger partial charge in [-0.05, 0) is 25.1 Å². The molecule has 0 aliphatic rings. The zero-order valence-corrected chi connectivity index (χ0v) is 10.5. The Kier molecular flexibility index (Phi) is 5.05. The summed E-state index contributed by atoms with van der Waals surface area (Å²) in [6.45, 7) is 2.11. The van der Waals surface area contributed by atoms with Gasteiger partial charge in [0.15, 0.2) is 0 Å². The lowest BCUT2D eigenvalue weighted by Gasteiger charge is -2.07. The highest BCUT2D eigenvalue weighted by atomic mass is 35.5. The van der Waals surface area contributed by atoms with Gasteiger partial charge in [0.25, 0.3) is 0 Å². The Balaban J connectivity index is 2.32. The van der Waals surface area contributed by atoms with Crippen LogP contribution in [0.3, 0.4) is 0 Å². The van der Waals surface area contributed by atoms with E-state index in [0.29, 0.717) is 10.8 Å². The molecule has 0 bridgehead atoms. The van der Waals surface area contributed by atoms with E-state index < -0.39 is 10.0 Å². The fraction of sp³-hybridized carbons (Fsp3) is 0.400. The quantitative estimate of drug-likeness (QED) is 0.794. The molecule has 0 aliphatic carbocycles. The Bertz CT molecular complexity index is 433. The van der Waals surface area contributed by atoms with E-state index in [1.807, 2.05) is 0 Å². The second-order valence-electron chi connectivity index (χ2n) is 3.10. The Morgan fingerprint density at radius 3 is 2.81 bits per heavy atom. The van der Waals surface area contributed by atoms with Crippen molar-refractivity contribution in [3.05, 3.63) is 29.3 Å². The molecule has 0 atom stereocenters. The van der Waals surface area contributed by atoms with Crippen LogP contribution in [0.2, 0.25) is 5.02 Å². The molecule has 90 valence electrons. The molecule has 4 nitrogen and oxygen atoms in total. The SMILES string of the molecule is CCS(=O)(=O)NCCOc1cccc(Cl)c1. The molecule has 0 saturated heterocycles. The normalized spacial score (nSPS) is 11.4. The summed E-state index contributed by atoms with van der Waals surface area (Å²) >= 11 is 5.76. The van der Waals surface area contributed by atoms with E-state index in [-0.39, 0.29) is 18.9 Å². The number of rotatable bonds is 6. The summed E-state index contributed by atoms with van der Waals surface area (Å²) in [4.78, 5) is 0. The van der Waals surface area contributed by atoms with E-state index in [9.17, 15) is 8.42 Å².